The van der Waals surface area contributed by atoms with E-state index < -0.39 is 18.5 Å². The van der Waals surface area contributed by atoms with Crippen molar-refractivity contribution in [3.8, 4) is 11.8 Å². The molecule has 1 N–H and O–H groups in total. The molecular formula is C24H23N3O5. The Hall–Kier alpha value is -4.25. The van der Waals surface area contributed by atoms with Gasteiger partial charge in [-0.3, -0.25) is 4.79 Å². The van der Waals surface area contributed by atoms with E-state index in [4.69, 9.17) is 13.9 Å². The number of nitrogens with one attached hydrogen (secondary N) is 1. The molecule has 32 heavy (non-hydrogen) atoms. The number of carbonyl (C=O) groups is 2. The maximum atomic E-state index is 12.4. The highest BCUT2D eigenvalue weighted by Gasteiger charge is 2.20. The van der Waals surface area contributed by atoms with E-state index in [1.807, 2.05) is 19.9 Å². The van der Waals surface area contributed by atoms with Crippen molar-refractivity contribution in [3.05, 3.63) is 76.9 Å². The summed E-state index contributed by atoms with van der Waals surface area (Å²) in [5.74, 6) is 0.521. The van der Waals surface area contributed by atoms with Crippen LogP contribution in [-0.4, -0.2) is 30.2 Å². The Bertz CT molecular complexity index is 1170. The van der Waals surface area contributed by atoms with Gasteiger partial charge in [0.1, 0.15) is 23.4 Å². The summed E-state index contributed by atoms with van der Waals surface area (Å²) in [6, 6.07) is 12.8. The smallest absolute Gasteiger partial charge is 0.331 e. The Morgan fingerprint density at radius 3 is 2.59 bits per heavy atom. The third kappa shape index (κ3) is 5.26. The van der Waals surface area contributed by atoms with Crippen LogP contribution in [0.1, 0.15) is 28.1 Å². The van der Waals surface area contributed by atoms with Crippen LogP contribution in [0.5, 0.6) is 5.75 Å². The van der Waals surface area contributed by atoms with E-state index in [2.05, 4.69) is 11.4 Å². The molecule has 2 heterocycles. The van der Waals surface area contributed by atoms with Crippen LogP contribution < -0.4 is 10.1 Å². The van der Waals surface area contributed by atoms with Gasteiger partial charge in [-0.2, -0.15) is 5.26 Å². The maximum Gasteiger partial charge on any atom is 0.331 e. The number of carbonyl (C=O) groups excluding carboxylic acids is 2. The number of aromatic nitrogens is 1. The lowest BCUT2D eigenvalue weighted by Crippen LogP contribution is -2.22. The van der Waals surface area contributed by atoms with E-state index in [0.717, 1.165) is 16.8 Å². The number of amides is 1. The normalized spacial score (nSPS) is 10.7. The molecule has 1 amide bonds. The van der Waals surface area contributed by atoms with E-state index in [0.29, 0.717) is 29.4 Å². The highest BCUT2D eigenvalue weighted by Crippen LogP contribution is 2.27. The van der Waals surface area contributed by atoms with Gasteiger partial charge in [0.25, 0.3) is 5.91 Å². The first kappa shape index (κ1) is 22.4. The number of benzene rings is 1. The lowest BCUT2D eigenvalue weighted by atomic mass is 10.2. The fourth-order valence-electron chi connectivity index (χ4n) is 3.12. The molecule has 0 aliphatic carbocycles. The van der Waals surface area contributed by atoms with Gasteiger partial charge in [-0.15, -0.1) is 0 Å². The van der Waals surface area contributed by atoms with E-state index >= 15 is 0 Å². The molecule has 164 valence electrons. The molecule has 0 radical (unpaired) electrons. The first-order chi connectivity index (χ1) is 15.4. The summed E-state index contributed by atoms with van der Waals surface area (Å²) < 4.78 is 17.3. The number of methoxy groups -OCH3 is 1. The molecule has 0 saturated carbocycles. The lowest BCUT2D eigenvalue weighted by molar-refractivity contribution is -0.142. The van der Waals surface area contributed by atoms with Crippen LogP contribution in [0.25, 0.3) is 6.08 Å². The molecule has 0 spiro atoms. The van der Waals surface area contributed by atoms with Crippen molar-refractivity contribution in [2.45, 2.75) is 20.4 Å². The number of esters is 1. The van der Waals surface area contributed by atoms with Crippen molar-refractivity contribution >= 4 is 23.8 Å². The quantitative estimate of drug-likeness (QED) is 0.428. The van der Waals surface area contributed by atoms with Crippen molar-refractivity contribution < 1.29 is 23.5 Å². The van der Waals surface area contributed by atoms with Gasteiger partial charge in [0.05, 0.1) is 25.5 Å². The predicted octanol–water partition coefficient (Wildman–Crippen LogP) is 3.82. The lowest BCUT2D eigenvalue weighted by Gasteiger charge is -2.12. The van der Waals surface area contributed by atoms with Crippen molar-refractivity contribution in [1.29, 1.82) is 5.26 Å². The number of anilines is 1. The van der Waals surface area contributed by atoms with Gasteiger partial charge in [-0.05, 0) is 55.3 Å². The van der Waals surface area contributed by atoms with Crippen molar-refractivity contribution in [3.63, 3.8) is 0 Å². The average Bonchev–Trinajstić information content (AvgIpc) is 3.39. The minimum Gasteiger partial charge on any atom is -0.497 e. The molecule has 3 aromatic rings. The van der Waals surface area contributed by atoms with E-state index in [1.54, 1.807) is 54.3 Å². The Balaban J connectivity index is 1.64. The molecule has 0 aliphatic rings. The Kier molecular flexibility index (Phi) is 7.13. The van der Waals surface area contributed by atoms with Crippen LogP contribution in [0.4, 0.5) is 5.82 Å². The minimum atomic E-state index is -0.658. The second kappa shape index (κ2) is 10.2. The van der Waals surface area contributed by atoms with Gasteiger partial charge < -0.3 is 23.8 Å². The second-order valence-corrected chi connectivity index (χ2v) is 6.97. The van der Waals surface area contributed by atoms with Gasteiger partial charge in [-0.1, -0.05) is 12.1 Å². The van der Waals surface area contributed by atoms with E-state index in [9.17, 15) is 14.9 Å². The number of hydrogen-bond donors (Lipinski definition) is 1. The summed E-state index contributed by atoms with van der Waals surface area (Å²) in [6.45, 7) is 3.53. The zero-order valence-corrected chi connectivity index (χ0v) is 18.0. The average molecular weight is 433 g/mol. The van der Waals surface area contributed by atoms with Gasteiger partial charge >= 0.3 is 5.97 Å². The number of ether oxygens (including phenoxy) is 2. The summed E-state index contributed by atoms with van der Waals surface area (Å²) in [6.07, 6.45) is 4.38. The summed E-state index contributed by atoms with van der Waals surface area (Å²) in [5, 5.41) is 12.3. The number of nitrogens with zero attached hydrogens (tertiary/aromatic N) is 2. The Labute approximate surface area is 185 Å². The number of rotatable bonds is 8. The molecule has 0 atom stereocenters. The number of hydrogen-bond acceptors (Lipinski definition) is 6. The monoisotopic (exact) mass is 433 g/mol. The van der Waals surface area contributed by atoms with Crippen LogP contribution in [0.2, 0.25) is 0 Å². The first-order valence-corrected chi connectivity index (χ1v) is 9.83. The molecule has 0 unspecified atom stereocenters. The highest BCUT2D eigenvalue weighted by atomic mass is 16.5. The second-order valence-electron chi connectivity index (χ2n) is 6.97. The highest BCUT2D eigenvalue weighted by molar-refractivity contribution is 5.95. The Morgan fingerprint density at radius 2 is 1.97 bits per heavy atom. The van der Waals surface area contributed by atoms with Crippen LogP contribution in [0, 0.1) is 25.2 Å². The van der Waals surface area contributed by atoms with Crippen molar-refractivity contribution in [2.24, 2.45) is 0 Å². The van der Waals surface area contributed by atoms with Crippen LogP contribution in [0.15, 0.2) is 53.2 Å². The standard InChI is InChI=1S/C24H23N3O5/c1-16-17(2)27(14-20-5-4-12-31-20)24(21(16)13-25)26-22(28)15-32-23(29)11-8-18-6-9-19(30-3)10-7-18/h4-12H,14-15H2,1-3H3,(H,26,28)/b11-8+. The molecule has 8 nitrogen and oxygen atoms in total. The molecular weight excluding hydrogens is 410 g/mol. The number of nitriles is 1. The molecule has 8 heteroatoms. The summed E-state index contributed by atoms with van der Waals surface area (Å²) in [5.41, 5.74) is 2.72. The Morgan fingerprint density at radius 1 is 1.22 bits per heavy atom. The summed E-state index contributed by atoms with van der Waals surface area (Å²) in [4.78, 5) is 24.4. The summed E-state index contributed by atoms with van der Waals surface area (Å²) in [7, 11) is 1.57. The zero-order chi connectivity index (χ0) is 23.1. The van der Waals surface area contributed by atoms with Crippen LogP contribution >= 0.6 is 0 Å². The van der Waals surface area contributed by atoms with Gasteiger partial charge in [-0.25, -0.2) is 4.79 Å². The first-order valence-electron chi connectivity index (χ1n) is 9.83. The van der Waals surface area contributed by atoms with E-state index in [-0.39, 0.29) is 0 Å². The molecule has 3 rings (SSSR count). The molecule has 0 aliphatic heterocycles. The minimum absolute atomic E-state index is 0.341. The van der Waals surface area contributed by atoms with Gasteiger partial charge in [0.15, 0.2) is 6.61 Å². The molecule has 0 saturated heterocycles. The van der Waals surface area contributed by atoms with Gasteiger partial charge in [0, 0.05) is 11.8 Å². The summed E-state index contributed by atoms with van der Waals surface area (Å²) >= 11 is 0. The largest absolute Gasteiger partial charge is 0.497 e. The van der Waals surface area contributed by atoms with E-state index in [1.165, 1.54) is 6.08 Å². The predicted molar refractivity (Wildman–Crippen MR) is 118 cm³/mol. The number of furan rings is 1. The molecule has 2 aromatic heterocycles. The SMILES string of the molecule is COc1ccc(/C=C/C(=O)OCC(=O)Nc2c(C#N)c(C)c(C)n2Cc2ccco2)cc1. The van der Waals surface area contributed by atoms with Crippen LogP contribution in [0.3, 0.4) is 0 Å². The fraction of sp³-hybridized carbons (Fsp3) is 0.208. The van der Waals surface area contributed by atoms with Crippen molar-refractivity contribution in [2.75, 3.05) is 19.0 Å². The maximum absolute atomic E-state index is 12.4. The zero-order valence-electron chi connectivity index (χ0n) is 18.0. The van der Waals surface area contributed by atoms with Gasteiger partial charge in [0.2, 0.25) is 0 Å². The molecule has 0 fully saturated rings. The molecule has 1 aromatic carbocycles. The third-order valence-corrected chi connectivity index (χ3v) is 4.97. The topological polar surface area (TPSA) is 106 Å². The molecule has 0 bridgehead atoms. The van der Waals surface area contributed by atoms with Crippen molar-refractivity contribution in [1.82, 2.24) is 4.57 Å². The third-order valence-electron chi connectivity index (χ3n) is 4.97. The van der Waals surface area contributed by atoms with Crippen LogP contribution in [-0.2, 0) is 20.9 Å². The fourth-order valence-corrected chi connectivity index (χ4v) is 3.12.